The molecule has 0 aromatic carbocycles. The number of aliphatic hydroxyl groups is 1. The highest BCUT2D eigenvalue weighted by atomic mass is 32.1. The smallest absolute Gasteiger partial charge is 0.0954 e. The molecule has 19 heavy (non-hydrogen) atoms. The summed E-state index contributed by atoms with van der Waals surface area (Å²) in [4.78, 5) is 6.99. The third-order valence-electron chi connectivity index (χ3n) is 3.51. The maximum Gasteiger partial charge on any atom is 0.0954 e. The fourth-order valence-electron chi connectivity index (χ4n) is 2.49. The number of nitrogens with zero attached hydrogens (tertiary/aromatic N) is 2. The Labute approximate surface area is 119 Å². The summed E-state index contributed by atoms with van der Waals surface area (Å²) in [6, 6.07) is 0.578. The molecule has 1 unspecified atom stereocenters. The van der Waals surface area contributed by atoms with Gasteiger partial charge in [0.05, 0.1) is 17.3 Å². The first kappa shape index (κ1) is 14.9. The van der Waals surface area contributed by atoms with Gasteiger partial charge in [-0.05, 0) is 19.4 Å². The summed E-state index contributed by atoms with van der Waals surface area (Å²) in [6.45, 7) is 8.29. The van der Waals surface area contributed by atoms with Crippen molar-refractivity contribution in [3.05, 3.63) is 16.1 Å². The van der Waals surface area contributed by atoms with Crippen molar-refractivity contribution in [1.29, 1.82) is 0 Å². The van der Waals surface area contributed by atoms with Gasteiger partial charge in [-0.1, -0.05) is 13.8 Å². The highest BCUT2D eigenvalue weighted by Crippen LogP contribution is 2.20. The van der Waals surface area contributed by atoms with E-state index < -0.39 is 0 Å². The average Bonchev–Trinajstić information content (AvgIpc) is 3.00. The number of hydrogen-bond donors (Lipinski definition) is 2. The van der Waals surface area contributed by atoms with Gasteiger partial charge in [0.1, 0.15) is 0 Å². The first-order chi connectivity index (χ1) is 9.19. The summed E-state index contributed by atoms with van der Waals surface area (Å²) in [7, 11) is 0. The third-order valence-corrected chi connectivity index (χ3v) is 4.70. The molecule has 2 N–H and O–H groups in total. The molecule has 5 heteroatoms. The van der Waals surface area contributed by atoms with Gasteiger partial charge in [-0.25, -0.2) is 4.98 Å². The van der Waals surface area contributed by atoms with E-state index in [1.807, 2.05) is 0 Å². The molecule has 2 heterocycles. The number of thiazole rings is 1. The fraction of sp³-hybridized carbons (Fsp3) is 0.786. The second kappa shape index (κ2) is 7.33. The molecule has 4 nitrogen and oxygen atoms in total. The second-order valence-corrected chi connectivity index (χ2v) is 6.47. The van der Waals surface area contributed by atoms with E-state index in [4.69, 9.17) is 0 Å². The van der Waals surface area contributed by atoms with Crippen LogP contribution in [0.1, 0.15) is 43.3 Å². The molecule has 2 rings (SSSR count). The minimum Gasteiger partial charge on any atom is -0.395 e. The van der Waals surface area contributed by atoms with Crippen molar-refractivity contribution in [2.45, 2.75) is 45.2 Å². The number of aliphatic hydroxyl groups excluding tert-OH is 1. The maximum absolute atomic E-state index is 9.20. The van der Waals surface area contributed by atoms with E-state index >= 15 is 0 Å². The van der Waals surface area contributed by atoms with Crippen LogP contribution < -0.4 is 5.32 Å². The van der Waals surface area contributed by atoms with E-state index in [-0.39, 0.29) is 6.61 Å². The Morgan fingerprint density at radius 2 is 2.42 bits per heavy atom. The highest BCUT2D eigenvalue weighted by molar-refractivity contribution is 7.09. The minimum absolute atomic E-state index is 0.216. The van der Waals surface area contributed by atoms with Crippen molar-refractivity contribution in [1.82, 2.24) is 15.2 Å². The lowest BCUT2D eigenvalue weighted by Crippen LogP contribution is -2.38. The molecule has 0 amide bonds. The first-order valence-corrected chi connectivity index (χ1v) is 8.08. The zero-order valence-electron chi connectivity index (χ0n) is 11.9. The van der Waals surface area contributed by atoms with Gasteiger partial charge in [-0.3, -0.25) is 4.90 Å². The monoisotopic (exact) mass is 283 g/mol. The van der Waals surface area contributed by atoms with E-state index in [9.17, 15) is 5.11 Å². The molecule has 1 aromatic heterocycles. The Morgan fingerprint density at radius 1 is 1.58 bits per heavy atom. The fourth-order valence-corrected chi connectivity index (χ4v) is 3.32. The molecule has 1 aliphatic rings. The van der Waals surface area contributed by atoms with Crippen molar-refractivity contribution >= 4 is 11.3 Å². The van der Waals surface area contributed by atoms with Crippen LogP contribution in [-0.4, -0.2) is 47.3 Å². The molecular formula is C14H25N3OS. The standard InChI is InChI=1S/C14H25N3OS/c1-11(2)14-16-13(10-19-14)9-17(6-7-18)8-12-4-3-5-15-12/h10-12,15,18H,3-9H2,1-2H3. The zero-order chi connectivity index (χ0) is 13.7. The Hall–Kier alpha value is -0.490. The maximum atomic E-state index is 9.20. The number of rotatable bonds is 7. The molecular weight excluding hydrogens is 258 g/mol. The highest BCUT2D eigenvalue weighted by Gasteiger charge is 2.18. The predicted octanol–water partition coefficient (Wildman–Crippen LogP) is 1.81. The molecule has 0 saturated carbocycles. The third kappa shape index (κ3) is 4.53. The van der Waals surface area contributed by atoms with Crippen LogP contribution in [0.2, 0.25) is 0 Å². The molecule has 1 atom stereocenters. The van der Waals surface area contributed by atoms with Crippen molar-refractivity contribution < 1.29 is 5.11 Å². The molecule has 0 spiro atoms. The summed E-state index contributed by atoms with van der Waals surface area (Å²) >= 11 is 1.74. The lowest BCUT2D eigenvalue weighted by Gasteiger charge is -2.24. The predicted molar refractivity (Wildman–Crippen MR) is 79.6 cm³/mol. The summed E-state index contributed by atoms with van der Waals surface area (Å²) in [6.07, 6.45) is 2.52. The van der Waals surface area contributed by atoms with Crippen LogP contribution in [0.25, 0.3) is 0 Å². The van der Waals surface area contributed by atoms with Crippen LogP contribution in [0.4, 0.5) is 0 Å². The Balaban J connectivity index is 1.90. The van der Waals surface area contributed by atoms with E-state index in [2.05, 4.69) is 34.4 Å². The summed E-state index contributed by atoms with van der Waals surface area (Å²) in [5, 5.41) is 16.1. The number of aromatic nitrogens is 1. The molecule has 1 aliphatic heterocycles. The molecule has 0 aliphatic carbocycles. The van der Waals surface area contributed by atoms with Gasteiger partial charge < -0.3 is 10.4 Å². The quantitative estimate of drug-likeness (QED) is 0.801. The molecule has 1 saturated heterocycles. The van der Waals surface area contributed by atoms with Gasteiger partial charge in [0.25, 0.3) is 0 Å². The lowest BCUT2D eigenvalue weighted by molar-refractivity contribution is 0.178. The van der Waals surface area contributed by atoms with Gasteiger partial charge in [-0.15, -0.1) is 11.3 Å². The van der Waals surface area contributed by atoms with E-state index in [0.29, 0.717) is 12.0 Å². The van der Waals surface area contributed by atoms with Gasteiger partial charge in [0.2, 0.25) is 0 Å². The van der Waals surface area contributed by atoms with Crippen LogP contribution >= 0.6 is 11.3 Å². The molecule has 1 fully saturated rings. The Morgan fingerprint density at radius 3 is 3.00 bits per heavy atom. The van der Waals surface area contributed by atoms with Gasteiger partial charge >= 0.3 is 0 Å². The largest absolute Gasteiger partial charge is 0.395 e. The number of nitrogens with one attached hydrogen (secondary N) is 1. The number of hydrogen-bond acceptors (Lipinski definition) is 5. The Kier molecular flexibility index (Phi) is 5.76. The van der Waals surface area contributed by atoms with Crippen molar-refractivity contribution in [2.75, 3.05) is 26.2 Å². The van der Waals surface area contributed by atoms with E-state index in [1.165, 1.54) is 17.8 Å². The van der Waals surface area contributed by atoms with Crippen LogP contribution in [0, 0.1) is 0 Å². The van der Waals surface area contributed by atoms with Crippen LogP contribution in [0.3, 0.4) is 0 Å². The van der Waals surface area contributed by atoms with Gasteiger partial charge in [-0.2, -0.15) is 0 Å². The topological polar surface area (TPSA) is 48.4 Å². The molecule has 0 bridgehead atoms. The summed E-state index contributed by atoms with van der Waals surface area (Å²) < 4.78 is 0. The van der Waals surface area contributed by atoms with Crippen molar-refractivity contribution in [2.24, 2.45) is 0 Å². The minimum atomic E-state index is 0.216. The molecule has 108 valence electrons. The normalized spacial score (nSPS) is 19.7. The van der Waals surface area contributed by atoms with Crippen LogP contribution in [0.5, 0.6) is 0 Å². The van der Waals surface area contributed by atoms with Gasteiger partial charge in [0, 0.05) is 37.0 Å². The van der Waals surface area contributed by atoms with Crippen LogP contribution in [0.15, 0.2) is 5.38 Å². The van der Waals surface area contributed by atoms with E-state index in [0.717, 1.165) is 31.9 Å². The van der Waals surface area contributed by atoms with E-state index in [1.54, 1.807) is 11.3 Å². The summed E-state index contributed by atoms with van der Waals surface area (Å²) in [5.74, 6) is 0.501. The Bertz CT molecular complexity index is 375. The SMILES string of the molecule is CC(C)c1nc(CN(CCO)CC2CCCN2)cs1. The lowest BCUT2D eigenvalue weighted by atomic mass is 10.2. The molecule has 1 aromatic rings. The van der Waals surface area contributed by atoms with Crippen molar-refractivity contribution in [3.63, 3.8) is 0 Å². The summed E-state index contributed by atoms with van der Waals surface area (Å²) in [5.41, 5.74) is 1.14. The zero-order valence-corrected chi connectivity index (χ0v) is 12.7. The van der Waals surface area contributed by atoms with Gasteiger partial charge in [0.15, 0.2) is 0 Å². The molecule has 0 radical (unpaired) electrons. The second-order valence-electron chi connectivity index (χ2n) is 5.58. The first-order valence-electron chi connectivity index (χ1n) is 7.20. The van der Waals surface area contributed by atoms with Crippen LogP contribution in [-0.2, 0) is 6.54 Å². The van der Waals surface area contributed by atoms with Crippen molar-refractivity contribution in [3.8, 4) is 0 Å². The average molecular weight is 283 g/mol.